The predicted octanol–water partition coefficient (Wildman–Crippen LogP) is 3.82. The average Bonchev–Trinajstić information content (AvgIpc) is 3.15. The third-order valence-electron chi connectivity index (χ3n) is 4.30. The molecule has 0 bridgehead atoms. The van der Waals surface area contributed by atoms with Gasteiger partial charge in [0, 0.05) is 34.2 Å². The minimum Gasteiger partial charge on any atom is -0.760 e. The van der Waals surface area contributed by atoms with Gasteiger partial charge in [0.25, 0.3) is 0 Å². The fraction of sp³-hybridized carbons (Fsp3) is 0.250. The molecule has 0 aliphatic rings. The number of aryl methyl sites for hydroxylation is 2. The maximum atomic E-state index is 11.5. The smallest absolute Gasteiger partial charge is 0.187 e. The van der Waals surface area contributed by atoms with Crippen molar-refractivity contribution in [1.29, 1.82) is 0 Å². The molecule has 3 aromatic rings. The first-order valence-corrected chi connectivity index (χ1v) is 13.0. The number of thiazole rings is 1. The second-order valence-corrected chi connectivity index (χ2v) is 9.81. The maximum absolute atomic E-state index is 11.5. The van der Waals surface area contributed by atoms with Crippen LogP contribution in [0.5, 0.6) is 0 Å². The molecule has 3 N–H and O–H groups in total. The topological polar surface area (TPSA) is 125 Å². The van der Waals surface area contributed by atoms with E-state index in [9.17, 15) is 8.42 Å². The van der Waals surface area contributed by atoms with Crippen LogP contribution in [-0.2, 0) is 33.9 Å². The van der Waals surface area contributed by atoms with Crippen molar-refractivity contribution in [3.63, 3.8) is 0 Å². The Bertz CT molecular complexity index is 1110. The number of rotatable bonds is 6. The van der Waals surface area contributed by atoms with Crippen molar-refractivity contribution in [1.82, 2.24) is 4.98 Å². The van der Waals surface area contributed by atoms with E-state index in [4.69, 9.17) is 8.76 Å². The van der Waals surface area contributed by atoms with Gasteiger partial charge in [0.15, 0.2) is 15.0 Å². The minimum atomic E-state index is -3.18. The average molecular weight is 467 g/mol. The van der Waals surface area contributed by atoms with Crippen LogP contribution in [-0.4, -0.2) is 28.4 Å². The van der Waals surface area contributed by atoms with Crippen molar-refractivity contribution in [3.05, 3.63) is 59.0 Å². The molecule has 0 amide bonds. The molecule has 3 rings (SSSR count). The summed E-state index contributed by atoms with van der Waals surface area (Å²) in [6.45, 7) is 4.35. The van der Waals surface area contributed by atoms with Crippen LogP contribution in [0.15, 0.2) is 52.7 Å². The van der Waals surface area contributed by atoms with Gasteiger partial charge in [-0.15, -0.1) is 11.3 Å². The summed E-state index contributed by atoms with van der Waals surface area (Å²) in [7, 11) is -3.18. The Hall–Kier alpha value is -2.11. The highest BCUT2D eigenvalue weighted by Gasteiger charge is 2.09. The molecule has 0 aliphatic heterocycles. The molecule has 1 aromatic heterocycles. The zero-order valence-electron chi connectivity index (χ0n) is 16.9. The van der Waals surface area contributed by atoms with Crippen LogP contribution < -0.4 is 10.5 Å². The zero-order chi connectivity index (χ0) is 22.3. The van der Waals surface area contributed by atoms with E-state index in [1.165, 1.54) is 28.7 Å². The molecule has 0 aliphatic carbocycles. The molecule has 0 radical (unpaired) electrons. The van der Waals surface area contributed by atoms with Crippen molar-refractivity contribution in [2.24, 2.45) is 5.14 Å². The molecular weight excluding hydrogens is 442 g/mol. The number of hydrogen-bond donors (Lipinski definition) is 2. The second kappa shape index (κ2) is 10.8. The number of benzene rings is 2. The van der Waals surface area contributed by atoms with E-state index in [2.05, 4.69) is 47.5 Å². The minimum absolute atomic E-state index is 0.311. The third kappa shape index (κ3) is 6.99. The lowest BCUT2D eigenvalue weighted by atomic mass is 9.99. The largest absolute Gasteiger partial charge is 0.760 e. The number of nitrogens with one attached hydrogen (secondary N) is 1. The third-order valence-corrected chi connectivity index (χ3v) is 6.19. The first-order valence-electron chi connectivity index (χ1n) is 9.12. The normalized spacial score (nSPS) is 12.0. The maximum Gasteiger partial charge on any atom is 0.187 e. The summed E-state index contributed by atoms with van der Waals surface area (Å²) in [5.74, 6) is 0. The molecule has 1 heterocycles. The predicted molar refractivity (Wildman–Crippen MR) is 122 cm³/mol. The molecule has 0 saturated heterocycles. The summed E-state index contributed by atoms with van der Waals surface area (Å²) in [4.78, 5) is 4.98. The van der Waals surface area contributed by atoms with Crippen molar-refractivity contribution >= 4 is 43.3 Å². The van der Waals surface area contributed by atoms with E-state index in [0.29, 0.717) is 4.90 Å². The van der Waals surface area contributed by atoms with Crippen LogP contribution in [0.4, 0.5) is 10.8 Å². The molecule has 0 spiro atoms. The quantitative estimate of drug-likeness (QED) is 0.532. The Morgan fingerprint density at radius 1 is 1.10 bits per heavy atom. The van der Waals surface area contributed by atoms with Gasteiger partial charge < -0.3 is 9.87 Å². The number of hydrogen-bond acceptors (Lipinski definition) is 7. The Labute approximate surface area is 183 Å². The van der Waals surface area contributed by atoms with E-state index in [0.717, 1.165) is 34.9 Å². The van der Waals surface area contributed by atoms with E-state index in [-0.39, 0.29) is 0 Å². The zero-order valence-corrected chi connectivity index (χ0v) is 19.4. The molecule has 0 fully saturated rings. The van der Waals surface area contributed by atoms with Gasteiger partial charge in [-0.05, 0) is 54.3 Å². The van der Waals surface area contributed by atoms with Crippen LogP contribution in [0.1, 0.15) is 25.0 Å². The summed E-state index contributed by atoms with van der Waals surface area (Å²) in [5, 5.41) is 10.1. The Balaban J connectivity index is 0.000000735. The molecule has 1 unspecified atom stereocenters. The van der Waals surface area contributed by atoms with Crippen molar-refractivity contribution in [2.75, 3.05) is 11.6 Å². The summed E-state index contributed by atoms with van der Waals surface area (Å²) < 4.78 is 40.6. The Kier molecular flexibility index (Phi) is 8.68. The lowest BCUT2D eigenvalue weighted by Gasteiger charge is -2.07. The highest BCUT2D eigenvalue weighted by molar-refractivity contribution is 7.90. The van der Waals surface area contributed by atoms with Crippen LogP contribution in [0.3, 0.4) is 0 Å². The highest BCUT2D eigenvalue weighted by atomic mass is 32.2. The number of aromatic nitrogens is 1. The van der Waals surface area contributed by atoms with E-state index in [1.807, 2.05) is 5.38 Å². The van der Waals surface area contributed by atoms with Crippen LogP contribution in [0.2, 0.25) is 0 Å². The first kappa shape index (κ1) is 24.2. The molecule has 10 heteroatoms. The van der Waals surface area contributed by atoms with E-state index in [1.54, 1.807) is 24.3 Å². The van der Waals surface area contributed by atoms with Gasteiger partial charge in [0.05, 0.1) is 10.6 Å². The molecule has 0 saturated carbocycles. The Morgan fingerprint density at radius 2 is 1.70 bits per heavy atom. The molecular formula is C20H24N3O4S3-. The van der Waals surface area contributed by atoms with Gasteiger partial charge >= 0.3 is 0 Å². The van der Waals surface area contributed by atoms with Gasteiger partial charge in [0.2, 0.25) is 0 Å². The van der Waals surface area contributed by atoms with Crippen LogP contribution in [0, 0.1) is 0 Å². The van der Waals surface area contributed by atoms with Gasteiger partial charge in [0.1, 0.15) is 0 Å². The fourth-order valence-corrected chi connectivity index (χ4v) is 4.20. The van der Waals surface area contributed by atoms with Gasteiger partial charge in [-0.2, -0.15) is 0 Å². The number of nitrogens with zero attached hydrogens (tertiary/aromatic N) is 1. The first-order chi connectivity index (χ1) is 14.1. The standard InChI is InChI=1S/C20H22N2O2S2.H3NO2S/c1-4-14-6-7-16(12-15(14)5-2)19-13-25-20(22-19)21-17-8-10-18(11-9-17)26(3,23)24;1-4(2)3/h6-13H,4-5H2,1-3H3,(H,21,22);1H2,(H,2,3)/p-1. The van der Waals surface area contributed by atoms with Crippen molar-refractivity contribution in [2.45, 2.75) is 31.6 Å². The lowest BCUT2D eigenvalue weighted by Crippen LogP contribution is -1.97. The van der Waals surface area contributed by atoms with Gasteiger partial charge in [-0.1, -0.05) is 26.0 Å². The molecule has 30 heavy (non-hydrogen) atoms. The van der Waals surface area contributed by atoms with Crippen LogP contribution in [0.25, 0.3) is 11.3 Å². The number of nitrogens with two attached hydrogens (primary N) is 1. The Morgan fingerprint density at radius 3 is 2.23 bits per heavy atom. The summed E-state index contributed by atoms with van der Waals surface area (Å²) in [6, 6.07) is 13.2. The van der Waals surface area contributed by atoms with E-state index >= 15 is 0 Å². The monoisotopic (exact) mass is 466 g/mol. The fourth-order valence-electron chi connectivity index (χ4n) is 2.83. The van der Waals surface area contributed by atoms with Crippen molar-refractivity contribution in [3.8, 4) is 11.3 Å². The van der Waals surface area contributed by atoms with Gasteiger partial charge in [-0.3, -0.25) is 9.35 Å². The second-order valence-electron chi connectivity index (χ2n) is 6.41. The van der Waals surface area contributed by atoms with Crippen molar-refractivity contribution < 1.29 is 17.2 Å². The van der Waals surface area contributed by atoms with E-state index < -0.39 is 21.1 Å². The summed E-state index contributed by atoms with van der Waals surface area (Å²) >= 11 is -0.829. The summed E-state index contributed by atoms with van der Waals surface area (Å²) in [5.41, 5.74) is 5.63. The number of anilines is 2. The molecule has 7 nitrogen and oxygen atoms in total. The SMILES string of the molecule is CCc1ccc(-c2csc(Nc3ccc(S(C)(=O)=O)cc3)n2)cc1CC.NS(=O)[O-]. The molecule has 2 aromatic carbocycles. The lowest BCUT2D eigenvalue weighted by molar-refractivity contribution is 0.538. The highest BCUT2D eigenvalue weighted by Crippen LogP contribution is 2.29. The molecule has 1 atom stereocenters. The molecule has 162 valence electrons. The number of sulfone groups is 1. The van der Waals surface area contributed by atoms with Crippen LogP contribution >= 0.6 is 11.3 Å². The summed E-state index contributed by atoms with van der Waals surface area (Å²) in [6.07, 6.45) is 3.26. The van der Waals surface area contributed by atoms with Gasteiger partial charge in [-0.25, -0.2) is 13.4 Å².